The maximum absolute atomic E-state index is 14.2. The molecule has 31 heavy (non-hydrogen) atoms. The lowest BCUT2D eigenvalue weighted by molar-refractivity contribution is -0.190. The van der Waals surface area contributed by atoms with E-state index in [2.05, 4.69) is 0 Å². The molecular weight excluding hydrogens is 493 g/mol. The van der Waals surface area contributed by atoms with E-state index in [1.807, 2.05) is 0 Å². The van der Waals surface area contributed by atoms with Crippen molar-refractivity contribution in [3.8, 4) is 6.07 Å². The third kappa shape index (κ3) is 3.81. The van der Waals surface area contributed by atoms with Gasteiger partial charge in [0.05, 0.1) is 32.3 Å². The molecule has 0 aromatic heterocycles. The molecule has 2 aromatic carbocycles. The van der Waals surface area contributed by atoms with Crippen molar-refractivity contribution in [3.63, 3.8) is 0 Å². The summed E-state index contributed by atoms with van der Waals surface area (Å²) < 4.78 is 82.4. The summed E-state index contributed by atoms with van der Waals surface area (Å²) in [6.07, 6.45) is -10.8. The predicted molar refractivity (Wildman–Crippen MR) is 102 cm³/mol. The van der Waals surface area contributed by atoms with E-state index >= 15 is 0 Å². The molecule has 1 unspecified atom stereocenters. The van der Waals surface area contributed by atoms with Crippen molar-refractivity contribution in [3.05, 3.63) is 62.1 Å². The van der Waals surface area contributed by atoms with E-state index in [1.165, 1.54) is 6.07 Å². The van der Waals surface area contributed by atoms with Crippen LogP contribution in [0.2, 0.25) is 15.1 Å². The molecule has 1 saturated heterocycles. The molecule has 0 N–H and O–H groups in total. The first kappa shape index (κ1) is 23.5. The molecule has 1 fully saturated rings. The summed E-state index contributed by atoms with van der Waals surface area (Å²) in [4.78, 5) is 13.6. The van der Waals surface area contributed by atoms with Crippen molar-refractivity contribution in [1.29, 1.82) is 5.26 Å². The second kappa shape index (κ2) is 7.76. The zero-order chi connectivity index (χ0) is 23.4. The molecule has 1 aliphatic rings. The summed E-state index contributed by atoms with van der Waals surface area (Å²) in [7, 11) is 0. The van der Waals surface area contributed by atoms with E-state index in [4.69, 9.17) is 40.1 Å². The molecule has 0 aliphatic carbocycles. The van der Waals surface area contributed by atoms with E-state index in [-0.39, 0.29) is 15.1 Å². The Morgan fingerprint density at radius 1 is 1.00 bits per heavy atom. The summed E-state index contributed by atoms with van der Waals surface area (Å²) in [5, 5.41) is 8.07. The van der Waals surface area contributed by atoms with Crippen molar-refractivity contribution in [2.75, 3.05) is 11.4 Å². The van der Waals surface area contributed by atoms with Crippen molar-refractivity contribution < 1.29 is 31.1 Å². The smallest absolute Gasteiger partial charge is 0.311 e. The number of anilines is 1. The zero-order valence-corrected chi connectivity index (χ0v) is 17.3. The fraction of sp³-hybridized carbons (Fsp3) is 0.263. The van der Waals surface area contributed by atoms with Gasteiger partial charge >= 0.3 is 12.4 Å². The van der Waals surface area contributed by atoms with E-state index < -0.39 is 59.0 Å². The number of halogens is 9. The molecule has 1 atom stereocenters. The molecule has 0 spiro atoms. The van der Waals surface area contributed by atoms with Crippen molar-refractivity contribution in [1.82, 2.24) is 0 Å². The highest BCUT2D eigenvalue weighted by atomic mass is 35.5. The molecule has 1 amide bonds. The average Bonchev–Trinajstić information content (AvgIpc) is 3.02. The van der Waals surface area contributed by atoms with E-state index in [9.17, 15) is 31.1 Å². The van der Waals surface area contributed by atoms with E-state index in [0.29, 0.717) is 11.0 Å². The van der Waals surface area contributed by atoms with Crippen LogP contribution in [0.3, 0.4) is 0 Å². The number of amides is 1. The number of hydrogen-bond donors (Lipinski definition) is 0. The molecule has 12 heteroatoms. The lowest BCUT2D eigenvalue weighted by atomic mass is 9.78. The normalized spacial score (nSPS) is 19.6. The number of alkyl halides is 6. The third-order valence-electron chi connectivity index (χ3n) is 5.02. The van der Waals surface area contributed by atoms with Crippen LogP contribution in [0.15, 0.2) is 30.3 Å². The monoisotopic (exact) mass is 500 g/mol. The first-order chi connectivity index (χ1) is 14.2. The van der Waals surface area contributed by atoms with Gasteiger partial charge in [-0.3, -0.25) is 4.79 Å². The number of carbonyl (C=O) groups is 1. The SMILES string of the molecule is N#Cc1ccc(N2CCC(c3cc(Cl)c(Cl)c(Cl)c3)(C(F)(F)F)C2=O)cc1C(F)(F)F. The Morgan fingerprint density at radius 3 is 2.06 bits per heavy atom. The number of hydrogen-bond acceptors (Lipinski definition) is 2. The van der Waals surface area contributed by atoms with Crippen LogP contribution in [-0.4, -0.2) is 18.6 Å². The highest BCUT2D eigenvalue weighted by Crippen LogP contribution is 2.51. The van der Waals surface area contributed by atoms with Gasteiger partial charge in [0.15, 0.2) is 5.41 Å². The summed E-state index contributed by atoms with van der Waals surface area (Å²) in [6.45, 7) is -0.528. The summed E-state index contributed by atoms with van der Waals surface area (Å²) >= 11 is 17.5. The van der Waals surface area contributed by atoms with Crippen LogP contribution in [0.1, 0.15) is 23.1 Å². The van der Waals surface area contributed by atoms with Crippen LogP contribution in [0, 0.1) is 11.3 Å². The van der Waals surface area contributed by atoms with Gasteiger partial charge < -0.3 is 4.90 Å². The summed E-state index contributed by atoms with van der Waals surface area (Å²) in [5.41, 5.74) is -6.16. The van der Waals surface area contributed by atoms with Crippen LogP contribution < -0.4 is 4.90 Å². The van der Waals surface area contributed by atoms with Crippen molar-refractivity contribution in [2.24, 2.45) is 0 Å². The van der Waals surface area contributed by atoms with Gasteiger partial charge in [-0.05, 0) is 42.3 Å². The minimum absolute atomic E-state index is 0.200. The van der Waals surface area contributed by atoms with Crippen molar-refractivity contribution in [2.45, 2.75) is 24.2 Å². The Hall–Kier alpha value is -2.15. The molecule has 1 aliphatic heterocycles. The number of benzene rings is 2. The standard InChI is InChI=1S/C19H9Cl3F6N2O/c20-13-5-10(6-14(21)15(13)22)17(19(26,27)28)3-4-30(16(17)31)11-2-1-9(8-29)12(7-11)18(23,24)25/h1-2,5-7H,3-4H2. The lowest BCUT2D eigenvalue weighted by Gasteiger charge is -2.31. The Morgan fingerprint density at radius 2 is 1.58 bits per heavy atom. The van der Waals surface area contributed by atoms with Gasteiger partial charge in [-0.2, -0.15) is 31.6 Å². The molecule has 3 rings (SSSR count). The Balaban J connectivity index is 2.16. The second-order valence-electron chi connectivity index (χ2n) is 6.70. The van der Waals surface area contributed by atoms with E-state index in [0.717, 1.165) is 24.3 Å². The molecule has 164 valence electrons. The van der Waals surface area contributed by atoms with Crippen LogP contribution in [0.4, 0.5) is 32.0 Å². The molecule has 3 nitrogen and oxygen atoms in total. The van der Waals surface area contributed by atoms with Gasteiger partial charge in [0.25, 0.3) is 0 Å². The average molecular weight is 502 g/mol. The molecule has 0 saturated carbocycles. The zero-order valence-electron chi connectivity index (χ0n) is 15.0. The van der Waals surface area contributed by atoms with Crippen LogP contribution in [0.25, 0.3) is 0 Å². The fourth-order valence-corrected chi connectivity index (χ4v) is 4.09. The first-order valence-corrected chi connectivity index (χ1v) is 9.52. The molecule has 1 heterocycles. The lowest BCUT2D eigenvalue weighted by Crippen LogP contribution is -2.49. The number of rotatable bonds is 2. The summed E-state index contributed by atoms with van der Waals surface area (Å²) in [5.74, 6) is -1.49. The summed E-state index contributed by atoms with van der Waals surface area (Å²) in [6, 6.07) is 5.36. The van der Waals surface area contributed by atoms with E-state index in [1.54, 1.807) is 0 Å². The topological polar surface area (TPSA) is 44.1 Å². The van der Waals surface area contributed by atoms with Gasteiger partial charge in [0, 0.05) is 12.2 Å². The number of carbonyl (C=O) groups excluding carboxylic acids is 1. The van der Waals surface area contributed by atoms with Crippen LogP contribution in [-0.2, 0) is 16.4 Å². The first-order valence-electron chi connectivity index (χ1n) is 8.39. The molecular formula is C19H9Cl3F6N2O. The number of nitriles is 1. The Bertz CT molecular complexity index is 1090. The molecule has 2 aromatic rings. The van der Waals surface area contributed by atoms with Crippen molar-refractivity contribution >= 4 is 46.4 Å². The maximum atomic E-state index is 14.2. The van der Waals surface area contributed by atoms with Gasteiger partial charge in [-0.25, -0.2) is 0 Å². The minimum Gasteiger partial charge on any atom is -0.311 e. The maximum Gasteiger partial charge on any atom is 0.417 e. The Labute approximate surface area is 186 Å². The number of nitrogens with zero attached hydrogens (tertiary/aromatic N) is 2. The highest BCUT2D eigenvalue weighted by molar-refractivity contribution is 6.48. The van der Waals surface area contributed by atoms with Gasteiger partial charge in [-0.1, -0.05) is 34.8 Å². The minimum atomic E-state index is -5.11. The van der Waals surface area contributed by atoms with Crippen LogP contribution in [0.5, 0.6) is 0 Å². The third-order valence-corrected chi connectivity index (χ3v) is 6.22. The largest absolute Gasteiger partial charge is 0.417 e. The second-order valence-corrected chi connectivity index (χ2v) is 7.90. The van der Waals surface area contributed by atoms with Gasteiger partial charge in [0.1, 0.15) is 0 Å². The Kier molecular flexibility index (Phi) is 5.89. The van der Waals surface area contributed by atoms with Crippen LogP contribution >= 0.6 is 34.8 Å². The molecule has 0 bridgehead atoms. The quantitative estimate of drug-likeness (QED) is 0.337. The van der Waals surface area contributed by atoms with Gasteiger partial charge in [0.2, 0.25) is 5.91 Å². The predicted octanol–water partition coefficient (Wildman–Crippen LogP) is 6.77. The fourth-order valence-electron chi connectivity index (χ4n) is 3.49. The highest BCUT2D eigenvalue weighted by Gasteiger charge is 2.65. The molecule has 0 radical (unpaired) electrons. The van der Waals surface area contributed by atoms with Gasteiger partial charge in [-0.15, -0.1) is 0 Å².